The van der Waals surface area contributed by atoms with Gasteiger partial charge in [-0.15, -0.1) is 12.4 Å². The number of fused-ring (bicyclic) bond motifs is 1. The summed E-state index contributed by atoms with van der Waals surface area (Å²) < 4.78 is 38.1. The average molecular weight is 298 g/mol. The van der Waals surface area contributed by atoms with Crippen molar-refractivity contribution in [1.82, 2.24) is 5.32 Å². The van der Waals surface area contributed by atoms with Gasteiger partial charge in [0, 0.05) is 17.0 Å². The van der Waals surface area contributed by atoms with E-state index in [1.54, 1.807) is 6.07 Å². The Hall–Kier alpha value is -0.450. The van der Waals surface area contributed by atoms with Gasteiger partial charge in [-0.1, -0.05) is 11.6 Å². The first kappa shape index (κ1) is 14.0. The second-order valence-corrected chi connectivity index (χ2v) is 5.35. The lowest BCUT2D eigenvalue weighted by atomic mass is 9.93. The Balaban J connectivity index is 0.00000120. The van der Waals surface area contributed by atoms with E-state index in [-0.39, 0.29) is 22.8 Å². The lowest BCUT2D eigenvalue weighted by Crippen LogP contribution is -2.20. The summed E-state index contributed by atoms with van der Waals surface area (Å²) in [4.78, 5) is 0. The number of benzene rings is 1. The molecule has 1 saturated heterocycles. The van der Waals surface area contributed by atoms with Gasteiger partial charge >= 0.3 is 6.18 Å². The quantitative estimate of drug-likeness (QED) is 0.834. The van der Waals surface area contributed by atoms with Crippen molar-refractivity contribution in [3.05, 3.63) is 34.3 Å². The lowest BCUT2D eigenvalue weighted by Gasteiger charge is -2.15. The van der Waals surface area contributed by atoms with Crippen LogP contribution < -0.4 is 5.32 Å². The first-order chi connectivity index (χ1) is 7.92. The van der Waals surface area contributed by atoms with Crippen LogP contribution >= 0.6 is 24.0 Å². The van der Waals surface area contributed by atoms with E-state index in [2.05, 4.69) is 5.32 Å². The summed E-state index contributed by atoms with van der Waals surface area (Å²) in [6.45, 7) is 1.66. The molecule has 2 unspecified atom stereocenters. The molecule has 100 valence electrons. The Morgan fingerprint density at radius 1 is 1.28 bits per heavy atom. The maximum absolute atomic E-state index is 12.7. The van der Waals surface area contributed by atoms with Crippen molar-refractivity contribution in [1.29, 1.82) is 0 Å². The molecule has 2 aliphatic rings. The minimum absolute atomic E-state index is 0. The number of rotatable bonds is 1. The summed E-state index contributed by atoms with van der Waals surface area (Å²) in [5.41, 5.74) is -0.00972. The Labute approximate surface area is 114 Å². The molecule has 1 N–H and O–H groups in total. The predicted molar refractivity (Wildman–Crippen MR) is 66.4 cm³/mol. The molecule has 1 nitrogen and oxygen atoms in total. The summed E-state index contributed by atoms with van der Waals surface area (Å²) in [5.74, 6) is 0.474. The highest BCUT2D eigenvalue weighted by Gasteiger charge is 2.58. The summed E-state index contributed by atoms with van der Waals surface area (Å²) in [6, 6.07) is 3.91. The molecule has 18 heavy (non-hydrogen) atoms. The monoisotopic (exact) mass is 297 g/mol. The smallest absolute Gasteiger partial charge is 0.316 e. The van der Waals surface area contributed by atoms with Gasteiger partial charge in [0.25, 0.3) is 0 Å². The van der Waals surface area contributed by atoms with E-state index in [0.717, 1.165) is 31.1 Å². The molecule has 3 rings (SSSR count). The van der Waals surface area contributed by atoms with Gasteiger partial charge in [0.15, 0.2) is 0 Å². The van der Waals surface area contributed by atoms with Crippen molar-refractivity contribution >= 4 is 24.0 Å². The van der Waals surface area contributed by atoms with Gasteiger partial charge in [-0.2, -0.15) is 13.2 Å². The average Bonchev–Trinajstić information content (AvgIpc) is 2.80. The van der Waals surface area contributed by atoms with Crippen LogP contribution in [0.15, 0.2) is 18.2 Å². The molecule has 0 amide bonds. The van der Waals surface area contributed by atoms with Crippen LogP contribution in [0.25, 0.3) is 0 Å². The molecule has 1 aliphatic heterocycles. The first-order valence-corrected chi connectivity index (χ1v) is 5.89. The van der Waals surface area contributed by atoms with Crippen LogP contribution in [0.1, 0.15) is 17.5 Å². The molecule has 0 bridgehead atoms. The topological polar surface area (TPSA) is 12.0 Å². The third kappa shape index (κ3) is 2.10. The van der Waals surface area contributed by atoms with Gasteiger partial charge in [-0.05, 0) is 42.6 Å². The molecule has 2 fully saturated rings. The fourth-order valence-electron chi connectivity index (χ4n) is 2.83. The van der Waals surface area contributed by atoms with E-state index in [4.69, 9.17) is 11.6 Å². The number of alkyl halides is 3. The largest absolute Gasteiger partial charge is 0.416 e. The van der Waals surface area contributed by atoms with Crippen LogP contribution in [0, 0.1) is 5.92 Å². The number of hydrogen-bond acceptors (Lipinski definition) is 1. The van der Waals surface area contributed by atoms with Gasteiger partial charge < -0.3 is 5.32 Å². The van der Waals surface area contributed by atoms with Gasteiger partial charge in [0.2, 0.25) is 0 Å². The fraction of sp³-hybridized carbons (Fsp3) is 0.500. The highest BCUT2D eigenvalue weighted by molar-refractivity contribution is 6.30. The molecule has 0 aromatic heterocycles. The molecule has 1 aromatic carbocycles. The molecule has 1 aliphatic carbocycles. The van der Waals surface area contributed by atoms with Gasteiger partial charge in [0.05, 0.1) is 5.56 Å². The van der Waals surface area contributed by atoms with E-state index >= 15 is 0 Å². The number of hydrogen-bond donors (Lipinski definition) is 1. The van der Waals surface area contributed by atoms with Crippen molar-refractivity contribution in [2.75, 3.05) is 13.1 Å². The van der Waals surface area contributed by atoms with E-state index in [9.17, 15) is 13.2 Å². The zero-order valence-corrected chi connectivity index (χ0v) is 10.9. The Bertz CT molecular complexity index is 475. The molecule has 0 spiro atoms. The van der Waals surface area contributed by atoms with Crippen molar-refractivity contribution in [2.45, 2.75) is 18.0 Å². The second-order valence-electron chi connectivity index (χ2n) is 4.91. The van der Waals surface area contributed by atoms with Crippen LogP contribution in [-0.4, -0.2) is 13.1 Å². The minimum Gasteiger partial charge on any atom is -0.316 e. The Morgan fingerprint density at radius 3 is 2.50 bits per heavy atom. The van der Waals surface area contributed by atoms with Gasteiger partial charge in [-0.25, -0.2) is 0 Å². The fourth-order valence-corrected chi connectivity index (χ4v) is 3.07. The van der Waals surface area contributed by atoms with Crippen molar-refractivity contribution in [3.8, 4) is 0 Å². The highest BCUT2D eigenvalue weighted by Crippen LogP contribution is 2.57. The summed E-state index contributed by atoms with van der Waals surface area (Å²) in [7, 11) is 0. The Morgan fingerprint density at radius 2 is 2.00 bits per heavy atom. The third-order valence-electron chi connectivity index (χ3n) is 3.86. The van der Waals surface area contributed by atoms with Crippen molar-refractivity contribution in [3.63, 3.8) is 0 Å². The molecule has 6 heteroatoms. The van der Waals surface area contributed by atoms with E-state index in [1.165, 1.54) is 6.07 Å². The molecule has 1 heterocycles. The third-order valence-corrected chi connectivity index (χ3v) is 4.08. The highest BCUT2D eigenvalue weighted by atomic mass is 35.5. The SMILES string of the molecule is Cl.FC(F)(F)c1cc(Cl)cc(C23CNCC2C3)c1. The zero-order chi connectivity index (χ0) is 12.3. The molecule has 0 radical (unpaired) electrons. The van der Waals surface area contributed by atoms with Crippen LogP contribution in [0.5, 0.6) is 0 Å². The lowest BCUT2D eigenvalue weighted by molar-refractivity contribution is -0.137. The summed E-state index contributed by atoms with van der Waals surface area (Å²) in [6.07, 6.45) is -3.36. The van der Waals surface area contributed by atoms with Crippen molar-refractivity contribution in [2.24, 2.45) is 5.92 Å². The van der Waals surface area contributed by atoms with Gasteiger partial charge in [-0.3, -0.25) is 0 Å². The number of nitrogens with one attached hydrogen (secondary N) is 1. The molecule has 2 atom stereocenters. The minimum atomic E-state index is -4.33. The zero-order valence-electron chi connectivity index (χ0n) is 9.35. The molecule has 1 saturated carbocycles. The van der Waals surface area contributed by atoms with E-state index in [1.807, 2.05) is 0 Å². The normalized spacial score (nSPS) is 29.7. The van der Waals surface area contributed by atoms with E-state index < -0.39 is 11.7 Å². The number of halogens is 5. The maximum Gasteiger partial charge on any atom is 0.416 e. The van der Waals surface area contributed by atoms with Crippen LogP contribution in [0.3, 0.4) is 0 Å². The predicted octanol–water partition coefficient (Wildman–Crippen LogP) is 3.64. The summed E-state index contributed by atoms with van der Waals surface area (Å²) in [5, 5.41) is 3.38. The summed E-state index contributed by atoms with van der Waals surface area (Å²) >= 11 is 5.79. The van der Waals surface area contributed by atoms with Crippen LogP contribution in [0.4, 0.5) is 13.2 Å². The number of piperidine rings is 1. The Kier molecular flexibility index (Phi) is 3.33. The molecule has 1 aromatic rings. The molecular formula is C12H12Cl2F3N. The first-order valence-electron chi connectivity index (χ1n) is 5.51. The maximum atomic E-state index is 12.7. The van der Waals surface area contributed by atoms with Crippen molar-refractivity contribution < 1.29 is 13.2 Å². The van der Waals surface area contributed by atoms with Gasteiger partial charge in [0.1, 0.15) is 0 Å². The standard InChI is InChI=1S/C12H11ClF3N.ClH/c13-10-2-7(1-8(3-10)12(14,15)16)11-4-9(11)5-17-6-11;/h1-3,9,17H,4-6H2;1H. The van der Waals surface area contributed by atoms with E-state index in [0.29, 0.717) is 5.92 Å². The second kappa shape index (κ2) is 4.29. The van der Waals surface area contributed by atoms with Crippen LogP contribution in [0.2, 0.25) is 5.02 Å². The van der Waals surface area contributed by atoms with Crippen LogP contribution in [-0.2, 0) is 11.6 Å². The molecular weight excluding hydrogens is 286 g/mol.